The van der Waals surface area contributed by atoms with Crippen molar-refractivity contribution in [1.82, 2.24) is 0 Å². The van der Waals surface area contributed by atoms with Gasteiger partial charge in [-0.1, -0.05) is 6.08 Å². The molecule has 0 aliphatic carbocycles. The minimum Gasteiger partial charge on any atom is -0.435 e. The summed E-state index contributed by atoms with van der Waals surface area (Å²) in [6.45, 7) is 7.39. The van der Waals surface area contributed by atoms with E-state index in [4.69, 9.17) is 4.74 Å². The van der Waals surface area contributed by atoms with Gasteiger partial charge in [-0.3, -0.25) is 0 Å². The Balaban J connectivity index is 3.48. The maximum Gasteiger partial charge on any atom is 0.508 e. The molecule has 1 atom stereocenters. The molecule has 0 amide bonds. The highest BCUT2D eigenvalue weighted by Crippen LogP contribution is 1.99. The Kier molecular flexibility index (Phi) is 5.25. The fourth-order valence-electron chi connectivity index (χ4n) is 0.599. The van der Waals surface area contributed by atoms with Crippen LogP contribution in [0.15, 0.2) is 12.7 Å². The third kappa shape index (κ3) is 5.45. The first-order valence-electron chi connectivity index (χ1n) is 3.65. The minimum atomic E-state index is -0.609. The van der Waals surface area contributed by atoms with Crippen LogP contribution in [0.1, 0.15) is 20.3 Å². The zero-order valence-corrected chi connectivity index (χ0v) is 7.00. The molecule has 11 heavy (non-hydrogen) atoms. The van der Waals surface area contributed by atoms with E-state index in [2.05, 4.69) is 11.3 Å². The highest BCUT2D eigenvalue weighted by molar-refractivity contribution is 5.59. The quantitative estimate of drug-likeness (QED) is 0.464. The van der Waals surface area contributed by atoms with E-state index in [1.807, 2.05) is 0 Å². The van der Waals surface area contributed by atoms with Crippen LogP contribution in [0.3, 0.4) is 0 Å². The molecule has 0 radical (unpaired) electrons. The third-order valence-corrected chi connectivity index (χ3v) is 1.06. The van der Waals surface area contributed by atoms with Crippen molar-refractivity contribution >= 4 is 6.16 Å². The average Bonchev–Trinajstić information content (AvgIpc) is 1.87. The first kappa shape index (κ1) is 10.0. The Morgan fingerprint density at radius 1 is 1.73 bits per heavy atom. The summed E-state index contributed by atoms with van der Waals surface area (Å²) in [5.41, 5.74) is 0. The molecule has 0 aromatic heterocycles. The molecule has 0 rings (SSSR count). The van der Waals surface area contributed by atoms with Crippen LogP contribution in [0, 0.1) is 0 Å². The van der Waals surface area contributed by atoms with Crippen LogP contribution in [-0.4, -0.2) is 18.9 Å². The molecule has 0 bridgehead atoms. The number of carbonyl (C=O) groups excluding carboxylic acids is 1. The molecule has 0 heterocycles. The van der Waals surface area contributed by atoms with E-state index in [1.54, 1.807) is 19.9 Å². The lowest BCUT2D eigenvalue weighted by Gasteiger charge is -2.09. The predicted octanol–water partition coefficient (Wildman–Crippen LogP) is 2.12. The molecule has 0 aromatic rings. The number of ether oxygens (including phenoxy) is 2. The molecule has 0 aromatic carbocycles. The summed E-state index contributed by atoms with van der Waals surface area (Å²) in [5.74, 6) is 0. The summed E-state index contributed by atoms with van der Waals surface area (Å²) in [5, 5.41) is 0. The first-order chi connectivity index (χ1) is 5.20. The van der Waals surface area contributed by atoms with Gasteiger partial charge in [0.2, 0.25) is 0 Å². The van der Waals surface area contributed by atoms with Crippen molar-refractivity contribution in [3.63, 3.8) is 0 Å². The summed E-state index contributed by atoms with van der Waals surface area (Å²) in [7, 11) is 0. The standard InChI is InChI=1S/C8H14O3/c1-4-6-7(3)11-8(9)10-5-2/h4,7H,1,5-6H2,2-3H3. The molecule has 0 saturated heterocycles. The van der Waals surface area contributed by atoms with E-state index in [-0.39, 0.29) is 6.10 Å². The monoisotopic (exact) mass is 158 g/mol. The number of rotatable bonds is 4. The van der Waals surface area contributed by atoms with Crippen LogP contribution in [0.4, 0.5) is 4.79 Å². The van der Waals surface area contributed by atoms with Crippen molar-refractivity contribution in [3.8, 4) is 0 Å². The molecule has 0 aliphatic heterocycles. The highest BCUT2D eigenvalue weighted by atomic mass is 16.7. The van der Waals surface area contributed by atoms with E-state index in [1.165, 1.54) is 0 Å². The second-order valence-corrected chi connectivity index (χ2v) is 2.14. The highest BCUT2D eigenvalue weighted by Gasteiger charge is 2.07. The first-order valence-corrected chi connectivity index (χ1v) is 3.65. The van der Waals surface area contributed by atoms with Crippen molar-refractivity contribution in [3.05, 3.63) is 12.7 Å². The minimum absolute atomic E-state index is 0.147. The van der Waals surface area contributed by atoms with Gasteiger partial charge in [-0.2, -0.15) is 0 Å². The molecular formula is C8H14O3. The van der Waals surface area contributed by atoms with Crippen LogP contribution < -0.4 is 0 Å². The van der Waals surface area contributed by atoms with Crippen LogP contribution in [-0.2, 0) is 9.47 Å². The smallest absolute Gasteiger partial charge is 0.435 e. The molecule has 0 aliphatic rings. The van der Waals surface area contributed by atoms with E-state index >= 15 is 0 Å². The van der Waals surface area contributed by atoms with Crippen LogP contribution >= 0.6 is 0 Å². The van der Waals surface area contributed by atoms with Gasteiger partial charge in [-0.05, 0) is 13.8 Å². The van der Waals surface area contributed by atoms with Gasteiger partial charge in [0.15, 0.2) is 0 Å². The third-order valence-electron chi connectivity index (χ3n) is 1.06. The molecule has 3 heteroatoms. The lowest BCUT2D eigenvalue weighted by atomic mass is 10.3. The Morgan fingerprint density at radius 3 is 2.82 bits per heavy atom. The molecule has 0 N–H and O–H groups in total. The Hall–Kier alpha value is -0.990. The molecule has 1 unspecified atom stereocenters. The predicted molar refractivity (Wildman–Crippen MR) is 42.4 cm³/mol. The topological polar surface area (TPSA) is 35.5 Å². The van der Waals surface area contributed by atoms with Crippen molar-refractivity contribution in [2.24, 2.45) is 0 Å². The summed E-state index contributed by atoms with van der Waals surface area (Å²) < 4.78 is 9.36. The zero-order chi connectivity index (χ0) is 8.69. The largest absolute Gasteiger partial charge is 0.508 e. The lowest BCUT2D eigenvalue weighted by Crippen LogP contribution is -2.15. The molecule has 64 valence electrons. The zero-order valence-electron chi connectivity index (χ0n) is 7.00. The van der Waals surface area contributed by atoms with E-state index in [0.29, 0.717) is 13.0 Å². The van der Waals surface area contributed by atoms with Crippen LogP contribution in [0.25, 0.3) is 0 Å². The van der Waals surface area contributed by atoms with Crippen molar-refractivity contribution in [1.29, 1.82) is 0 Å². The Labute approximate surface area is 67.0 Å². The lowest BCUT2D eigenvalue weighted by molar-refractivity contribution is 0.0332. The number of carbonyl (C=O) groups is 1. The Morgan fingerprint density at radius 2 is 2.36 bits per heavy atom. The molecule has 3 nitrogen and oxygen atoms in total. The molecular weight excluding hydrogens is 144 g/mol. The molecule has 0 spiro atoms. The van der Waals surface area contributed by atoms with Gasteiger partial charge in [0.25, 0.3) is 0 Å². The summed E-state index contributed by atoms with van der Waals surface area (Å²) in [6.07, 6.45) is 1.59. The number of hydrogen-bond donors (Lipinski definition) is 0. The van der Waals surface area contributed by atoms with E-state index in [9.17, 15) is 4.79 Å². The van der Waals surface area contributed by atoms with Gasteiger partial charge in [0, 0.05) is 6.42 Å². The number of hydrogen-bond acceptors (Lipinski definition) is 3. The SMILES string of the molecule is C=CCC(C)OC(=O)OCC. The molecule has 0 saturated carbocycles. The maximum absolute atomic E-state index is 10.6. The fraction of sp³-hybridized carbons (Fsp3) is 0.625. The van der Waals surface area contributed by atoms with Gasteiger partial charge in [0.05, 0.1) is 6.61 Å². The fourth-order valence-corrected chi connectivity index (χ4v) is 0.599. The van der Waals surface area contributed by atoms with Crippen molar-refractivity contribution in [2.75, 3.05) is 6.61 Å². The van der Waals surface area contributed by atoms with Gasteiger partial charge in [0.1, 0.15) is 6.10 Å². The summed E-state index contributed by atoms with van der Waals surface area (Å²) in [4.78, 5) is 10.6. The Bertz CT molecular complexity index is 131. The summed E-state index contributed by atoms with van der Waals surface area (Å²) in [6, 6.07) is 0. The van der Waals surface area contributed by atoms with Crippen LogP contribution in [0.5, 0.6) is 0 Å². The second-order valence-electron chi connectivity index (χ2n) is 2.14. The van der Waals surface area contributed by atoms with Crippen LogP contribution in [0.2, 0.25) is 0 Å². The van der Waals surface area contributed by atoms with Gasteiger partial charge >= 0.3 is 6.16 Å². The van der Waals surface area contributed by atoms with E-state index in [0.717, 1.165) is 0 Å². The maximum atomic E-state index is 10.6. The normalized spacial score (nSPS) is 11.8. The summed E-state index contributed by atoms with van der Waals surface area (Å²) >= 11 is 0. The second kappa shape index (κ2) is 5.77. The van der Waals surface area contributed by atoms with Crippen molar-refractivity contribution in [2.45, 2.75) is 26.4 Å². The van der Waals surface area contributed by atoms with Gasteiger partial charge in [-0.15, -0.1) is 6.58 Å². The van der Waals surface area contributed by atoms with Gasteiger partial charge in [-0.25, -0.2) is 4.79 Å². The van der Waals surface area contributed by atoms with E-state index < -0.39 is 6.16 Å². The molecule has 0 fully saturated rings. The van der Waals surface area contributed by atoms with Crippen molar-refractivity contribution < 1.29 is 14.3 Å². The van der Waals surface area contributed by atoms with Gasteiger partial charge < -0.3 is 9.47 Å². The average molecular weight is 158 g/mol.